The molecule has 0 aliphatic heterocycles. The second-order valence-electron chi connectivity index (χ2n) is 9.06. The minimum absolute atomic E-state index is 0.0904. The molecule has 180 valence electrons. The summed E-state index contributed by atoms with van der Waals surface area (Å²) < 4.78 is 6.38. The lowest BCUT2D eigenvalue weighted by atomic mass is 10.0. The lowest BCUT2D eigenvalue weighted by Gasteiger charge is -2.32. The van der Waals surface area contributed by atoms with E-state index < -0.39 is 0 Å². The highest BCUT2D eigenvalue weighted by molar-refractivity contribution is 5.89. The first-order valence-electron chi connectivity index (χ1n) is 11.6. The minimum atomic E-state index is 0.0904. The van der Waals surface area contributed by atoms with Crippen LogP contribution in [-0.2, 0) is 0 Å². The summed E-state index contributed by atoms with van der Waals surface area (Å²) in [6.07, 6.45) is 0. The maximum Gasteiger partial charge on any atom is 0.151 e. The van der Waals surface area contributed by atoms with Gasteiger partial charge in [0.25, 0.3) is 0 Å². The van der Waals surface area contributed by atoms with E-state index in [-0.39, 0.29) is 17.2 Å². The second-order valence-corrected chi connectivity index (χ2v) is 9.06. The molecule has 4 aromatic carbocycles. The van der Waals surface area contributed by atoms with E-state index in [1.165, 1.54) is 0 Å². The summed E-state index contributed by atoms with van der Waals surface area (Å²) in [7, 11) is 0. The van der Waals surface area contributed by atoms with Crippen molar-refractivity contribution in [2.45, 2.75) is 41.5 Å². The van der Waals surface area contributed by atoms with Gasteiger partial charge in [0.2, 0.25) is 0 Å². The zero-order chi connectivity index (χ0) is 25.4. The molecule has 4 aromatic rings. The van der Waals surface area contributed by atoms with Crippen molar-refractivity contribution >= 4 is 17.1 Å². The second kappa shape index (κ2) is 9.26. The quantitative estimate of drug-likeness (QED) is 0.277. The standard InChI is InChI=1S/C30H31NO4/c1-17-15-26(34)22(6)28(16-17)35-27-10-8-7-9-23(27)31(29-20(4)18(2)11-13-24(29)32)30-21(5)19(3)12-14-25(30)33/h7-16,32-34H,1-6H3. The number of nitrogens with zero attached hydrogens (tertiary/aromatic N) is 1. The number of aromatic hydroxyl groups is 3. The first kappa shape index (κ1) is 24.0. The van der Waals surface area contributed by atoms with Gasteiger partial charge >= 0.3 is 0 Å². The number of phenolic OH excluding ortho intramolecular Hbond substituents is 3. The van der Waals surface area contributed by atoms with Crippen molar-refractivity contribution in [3.05, 3.63) is 94.0 Å². The molecule has 0 atom stereocenters. The van der Waals surface area contributed by atoms with Gasteiger partial charge in [0.05, 0.1) is 17.1 Å². The summed E-state index contributed by atoms with van der Waals surface area (Å²) in [5, 5.41) is 32.5. The number of para-hydroxylation sites is 2. The molecule has 5 nitrogen and oxygen atoms in total. The molecule has 0 aliphatic rings. The van der Waals surface area contributed by atoms with E-state index in [2.05, 4.69) is 0 Å². The van der Waals surface area contributed by atoms with E-state index in [9.17, 15) is 15.3 Å². The van der Waals surface area contributed by atoms with Crippen LogP contribution in [0.3, 0.4) is 0 Å². The van der Waals surface area contributed by atoms with Crippen LogP contribution in [0.5, 0.6) is 28.7 Å². The van der Waals surface area contributed by atoms with Gasteiger partial charge in [0.15, 0.2) is 5.75 Å². The third-order valence-corrected chi connectivity index (χ3v) is 6.61. The topological polar surface area (TPSA) is 73.2 Å². The van der Waals surface area contributed by atoms with Crippen LogP contribution in [0, 0.1) is 41.5 Å². The summed E-state index contributed by atoms with van der Waals surface area (Å²) in [6.45, 7) is 11.6. The highest BCUT2D eigenvalue weighted by atomic mass is 16.5. The largest absolute Gasteiger partial charge is 0.508 e. The van der Waals surface area contributed by atoms with Crippen LogP contribution in [0.15, 0.2) is 60.7 Å². The van der Waals surface area contributed by atoms with Crippen LogP contribution in [0.1, 0.15) is 33.4 Å². The van der Waals surface area contributed by atoms with Crippen LogP contribution in [0.25, 0.3) is 0 Å². The van der Waals surface area contributed by atoms with Crippen molar-refractivity contribution in [1.82, 2.24) is 0 Å². The molecule has 0 spiro atoms. The Kier molecular flexibility index (Phi) is 6.35. The number of hydrogen-bond acceptors (Lipinski definition) is 5. The van der Waals surface area contributed by atoms with Gasteiger partial charge in [0, 0.05) is 5.56 Å². The van der Waals surface area contributed by atoms with Gasteiger partial charge in [0.1, 0.15) is 23.0 Å². The van der Waals surface area contributed by atoms with Crippen molar-refractivity contribution in [2.24, 2.45) is 0 Å². The Morgan fingerprint density at radius 1 is 0.571 bits per heavy atom. The third-order valence-electron chi connectivity index (χ3n) is 6.61. The molecule has 4 rings (SSSR count). The number of aryl methyl sites for hydroxylation is 3. The summed E-state index contributed by atoms with van der Waals surface area (Å²) in [4.78, 5) is 1.86. The summed E-state index contributed by atoms with van der Waals surface area (Å²) in [5.74, 6) is 1.39. The van der Waals surface area contributed by atoms with Crippen LogP contribution in [-0.4, -0.2) is 15.3 Å². The fraction of sp³-hybridized carbons (Fsp3) is 0.200. The number of ether oxygens (including phenoxy) is 1. The molecule has 0 aliphatic carbocycles. The predicted octanol–water partition coefficient (Wildman–Crippen LogP) is 7.92. The maximum absolute atomic E-state index is 11.1. The fourth-order valence-electron chi connectivity index (χ4n) is 4.25. The lowest BCUT2D eigenvalue weighted by Crippen LogP contribution is -2.15. The molecule has 0 saturated heterocycles. The van der Waals surface area contributed by atoms with E-state index in [1.54, 1.807) is 25.1 Å². The molecule has 0 amide bonds. The number of phenols is 3. The monoisotopic (exact) mass is 469 g/mol. The molecule has 0 unspecified atom stereocenters. The van der Waals surface area contributed by atoms with Gasteiger partial charge in [-0.3, -0.25) is 4.90 Å². The van der Waals surface area contributed by atoms with Crippen LogP contribution < -0.4 is 9.64 Å². The zero-order valence-electron chi connectivity index (χ0n) is 21.0. The van der Waals surface area contributed by atoms with Crippen molar-refractivity contribution in [2.75, 3.05) is 4.90 Å². The third kappa shape index (κ3) is 4.37. The molecule has 0 radical (unpaired) electrons. The van der Waals surface area contributed by atoms with E-state index in [0.717, 1.165) is 27.8 Å². The number of hydrogen-bond donors (Lipinski definition) is 3. The summed E-state index contributed by atoms with van der Waals surface area (Å²) in [6, 6.07) is 18.1. The van der Waals surface area contributed by atoms with Crippen molar-refractivity contribution in [3.8, 4) is 28.7 Å². The normalized spacial score (nSPS) is 10.9. The van der Waals surface area contributed by atoms with Crippen molar-refractivity contribution < 1.29 is 20.1 Å². The lowest BCUT2D eigenvalue weighted by molar-refractivity contribution is 0.447. The van der Waals surface area contributed by atoms with Gasteiger partial charge in [-0.25, -0.2) is 0 Å². The van der Waals surface area contributed by atoms with Crippen molar-refractivity contribution in [3.63, 3.8) is 0 Å². The van der Waals surface area contributed by atoms with Crippen LogP contribution >= 0.6 is 0 Å². The first-order valence-corrected chi connectivity index (χ1v) is 11.6. The smallest absolute Gasteiger partial charge is 0.151 e. The molecule has 0 heterocycles. The molecule has 0 saturated carbocycles. The SMILES string of the molecule is Cc1cc(O)c(C)c(Oc2ccccc2N(c2c(O)ccc(C)c2C)c2c(O)ccc(C)c2C)c1. The molecule has 0 bridgehead atoms. The zero-order valence-corrected chi connectivity index (χ0v) is 21.0. The Bertz CT molecular complexity index is 1370. The number of anilines is 3. The van der Waals surface area contributed by atoms with Crippen LogP contribution in [0.2, 0.25) is 0 Å². The summed E-state index contributed by atoms with van der Waals surface area (Å²) >= 11 is 0. The van der Waals surface area contributed by atoms with Gasteiger partial charge in [-0.05, 0) is 106 Å². The van der Waals surface area contributed by atoms with Crippen LogP contribution in [0.4, 0.5) is 17.1 Å². The minimum Gasteiger partial charge on any atom is -0.508 e. The molecule has 5 heteroatoms. The molecular weight excluding hydrogens is 438 g/mol. The Labute approximate surface area is 206 Å². The van der Waals surface area contributed by atoms with E-state index in [4.69, 9.17) is 4.74 Å². The molecule has 0 aromatic heterocycles. The van der Waals surface area contributed by atoms with Crippen molar-refractivity contribution in [1.29, 1.82) is 0 Å². The predicted molar refractivity (Wildman–Crippen MR) is 141 cm³/mol. The Hall–Kier alpha value is -4.12. The van der Waals surface area contributed by atoms with Gasteiger partial charge in [-0.1, -0.05) is 24.3 Å². The van der Waals surface area contributed by atoms with E-state index >= 15 is 0 Å². The first-order chi connectivity index (χ1) is 16.6. The van der Waals surface area contributed by atoms with Gasteiger partial charge in [-0.2, -0.15) is 0 Å². The number of benzene rings is 4. The summed E-state index contributed by atoms with van der Waals surface area (Å²) in [5.41, 5.74) is 7.03. The molecule has 3 N–H and O–H groups in total. The average Bonchev–Trinajstić information content (AvgIpc) is 2.82. The molecule has 35 heavy (non-hydrogen) atoms. The fourth-order valence-corrected chi connectivity index (χ4v) is 4.25. The Morgan fingerprint density at radius 3 is 1.69 bits per heavy atom. The highest BCUT2D eigenvalue weighted by Gasteiger charge is 2.27. The van der Waals surface area contributed by atoms with Gasteiger partial charge < -0.3 is 20.1 Å². The number of rotatable bonds is 5. The van der Waals surface area contributed by atoms with Gasteiger partial charge in [-0.15, -0.1) is 0 Å². The average molecular weight is 470 g/mol. The maximum atomic E-state index is 11.1. The Balaban J connectivity index is 2.02. The Morgan fingerprint density at radius 2 is 1.11 bits per heavy atom. The van der Waals surface area contributed by atoms with E-state index in [1.807, 2.05) is 82.0 Å². The molecule has 0 fully saturated rings. The highest BCUT2D eigenvalue weighted by Crippen LogP contribution is 2.51. The molecular formula is C30H31NO4. The van der Waals surface area contributed by atoms with E-state index in [0.29, 0.717) is 34.1 Å².